The van der Waals surface area contributed by atoms with E-state index in [2.05, 4.69) is 17.1 Å². The summed E-state index contributed by atoms with van der Waals surface area (Å²) < 4.78 is 5.24. The van der Waals surface area contributed by atoms with Crippen LogP contribution in [0.15, 0.2) is 59.8 Å². The molecule has 3 aromatic rings. The van der Waals surface area contributed by atoms with E-state index in [1.165, 1.54) is 0 Å². The van der Waals surface area contributed by atoms with Gasteiger partial charge in [0.05, 0.1) is 17.7 Å². The highest BCUT2D eigenvalue weighted by Crippen LogP contribution is 2.40. The number of methoxy groups -OCH3 is 1. The van der Waals surface area contributed by atoms with Crippen molar-refractivity contribution >= 4 is 23.4 Å². The van der Waals surface area contributed by atoms with Gasteiger partial charge in [-0.3, -0.25) is 4.98 Å². The van der Waals surface area contributed by atoms with Gasteiger partial charge in [-0.2, -0.15) is 5.26 Å². The third-order valence-electron chi connectivity index (χ3n) is 3.86. The van der Waals surface area contributed by atoms with Crippen LogP contribution in [0.2, 0.25) is 5.02 Å². The molecule has 3 nitrogen and oxygen atoms in total. The van der Waals surface area contributed by atoms with E-state index >= 15 is 0 Å². The van der Waals surface area contributed by atoms with E-state index in [-0.39, 0.29) is 0 Å². The van der Waals surface area contributed by atoms with E-state index in [0.717, 1.165) is 32.9 Å². The summed E-state index contributed by atoms with van der Waals surface area (Å²) in [6, 6.07) is 15.8. The van der Waals surface area contributed by atoms with Crippen LogP contribution in [0.5, 0.6) is 5.75 Å². The van der Waals surface area contributed by atoms with Crippen molar-refractivity contribution in [2.75, 3.05) is 13.4 Å². The first-order valence-electron chi connectivity index (χ1n) is 7.53. The molecule has 3 rings (SSSR count). The number of ether oxygens (including phenoxy) is 1. The maximum absolute atomic E-state index is 9.16. The Labute approximate surface area is 156 Å². The lowest BCUT2D eigenvalue weighted by atomic mass is 9.94. The number of pyridine rings is 1. The lowest BCUT2D eigenvalue weighted by Gasteiger charge is -2.14. The van der Waals surface area contributed by atoms with Crippen LogP contribution >= 0.6 is 23.4 Å². The number of hydrogen-bond acceptors (Lipinski definition) is 4. The van der Waals surface area contributed by atoms with Gasteiger partial charge in [0.15, 0.2) is 0 Å². The Hall–Kier alpha value is -2.48. The van der Waals surface area contributed by atoms with Crippen LogP contribution in [0, 0.1) is 11.3 Å². The summed E-state index contributed by atoms with van der Waals surface area (Å²) in [5.74, 6) is 0.797. The van der Waals surface area contributed by atoms with Crippen molar-refractivity contribution in [2.24, 2.45) is 0 Å². The minimum atomic E-state index is 0.503. The van der Waals surface area contributed by atoms with E-state index in [1.54, 1.807) is 37.3 Å². The molecule has 0 N–H and O–H groups in total. The summed E-state index contributed by atoms with van der Waals surface area (Å²) in [5.41, 5.74) is 4.22. The molecule has 5 heteroatoms. The molecule has 0 aliphatic rings. The van der Waals surface area contributed by atoms with Crippen molar-refractivity contribution in [3.63, 3.8) is 0 Å². The number of thioether (sulfide) groups is 1. The van der Waals surface area contributed by atoms with Crippen LogP contribution in [0.4, 0.5) is 0 Å². The van der Waals surface area contributed by atoms with Gasteiger partial charge in [-0.1, -0.05) is 23.7 Å². The van der Waals surface area contributed by atoms with E-state index in [9.17, 15) is 0 Å². The molecule has 0 fully saturated rings. The fourth-order valence-electron chi connectivity index (χ4n) is 2.63. The zero-order valence-corrected chi connectivity index (χ0v) is 15.4. The van der Waals surface area contributed by atoms with E-state index in [0.29, 0.717) is 10.6 Å². The highest BCUT2D eigenvalue weighted by Gasteiger charge is 2.14. The van der Waals surface area contributed by atoms with Crippen LogP contribution in [0.25, 0.3) is 22.3 Å². The van der Waals surface area contributed by atoms with E-state index in [4.69, 9.17) is 21.6 Å². The fraction of sp³-hybridized carbons (Fsp3) is 0.100. The number of hydrogen-bond donors (Lipinski definition) is 0. The summed E-state index contributed by atoms with van der Waals surface area (Å²) in [5, 5.41) is 9.80. The van der Waals surface area contributed by atoms with Crippen LogP contribution in [-0.2, 0) is 0 Å². The average Bonchev–Trinajstić information content (AvgIpc) is 2.67. The fourth-order valence-corrected chi connectivity index (χ4v) is 3.49. The summed E-state index contributed by atoms with van der Waals surface area (Å²) in [6.45, 7) is 0. The lowest BCUT2D eigenvalue weighted by Crippen LogP contribution is -1.91. The molecule has 0 saturated carbocycles. The second kappa shape index (κ2) is 7.60. The van der Waals surface area contributed by atoms with Crippen molar-refractivity contribution in [2.45, 2.75) is 4.90 Å². The van der Waals surface area contributed by atoms with E-state index in [1.807, 2.05) is 36.6 Å². The second-order valence-electron chi connectivity index (χ2n) is 5.33. The Kier molecular flexibility index (Phi) is 5.28. The quantitative estimate of drug-likeness (QED) is 0.558. The number of nitrogens with zero attached hydrogens (tertiary/aromatic N) is 2. The Morgan fingerprint density at radius 1 is 1.08 bits per heavy atom. The minimum Gasteiger partial charge on any atom is -0.497 e. The molecule has 0 saturated heterocycles. The number of halogens is 1. The Morgan fingerprint density at radius 3 is 2.48 bits per heavy atom. The van der Waals surface area contributed by atoms with Gasteiger partial charge in [0.2, 0.25) is 0 Å². The molecule has 0 bridgehead atoms. The monoisotopic (exact) mass is 366 g/mol. The lowest BCUT2D eigenvalue weighted by molar-refractivity contribution is 0.415. The third-order valence-corrected chi connectivity index (χ3v) is 4.86. The molecule has 0 aliphatic heterocycles. The van der Waals surface area contributed by atoms with Crippen molar-refractivity contribution in [1.29, 1.82) is 5.26 Å². The van der Waals surface area contributed by atoms with Crippen LogP contribution in [0.1, 0.15) is 5.56 Å². The molecule has 0 aliphatic carbocycles. The third kappa shape index (κ3) is 3.63. The maximum atomic E-state index is 9.16. The molecular formula is C20H15ClN2OS. The molecule has 1 heterocycles. The molecule has 0 spiro atoms. The first-order valence-corrected chi connectivity index (χ1v) is 9.14. The first-order chi connectivity index (χ1) is 12.2. The molecular weight excluding hydrogens is 352 g/mol. The van der Waals surface area contributed by atoms with E-state index < -0.39 is 0 Å². The average molecular weight is 367 g/mol. The van der Waals surface area contributed by atoms with Gasteiger partial charge in [0.25, 0.3) is 0 Å². The Morgan fingerprint density at radius 2 is 1.84 bits per heavy atom. The van der Waals surface area contributed by atoms with Gasteiger partial charge >= 0.3 is 0 Å². The van der Waals surface area contributed by atoms with Crippen LogP contribution in [0.3, 0.4) is 0 Å². The molecule has 0 unspecified atom stereocenters. The number of aromatic nitrogens is 1. The van der Waals surface area contributed by atoms with Gasteiger partial charge in [-0.05, 0) is 47.7 Å². The predicted molar refractivity (Wildman–Crippen MR) is 103 cm³/mol. The summed E-state index contributed by atoms with van der Waals surface area (Å²) in [4.78, 5) is 5.24. The minimum absolute atomic E-state index is 0.503. The van der Waals surface area contributed by atoms with Crippen molar-refractivity contribution in [3.05, 3.63) is 65.4 Å². The summed E-state index contributed by atoms with van der Waals surface area (Å²) >= 11 is 8.24. The Bertz CT molecular complexity index is 949. The normalized spacial score (nSPS) is 10.3. The van der Waals surface area contributed by atoms with Crippen molar-refractivity contribution in [1.82, 2.24) is 4.98 Å². The first kappa shape index (κ1) is 17.3. The number of benzene rings is 2. The van der Waals surface area contributed by atoms with Crippen LogP contribution < -0.4 is 4.74 Å². The molecule has 2 aromatic carbocycles. The summed E-state index contributed by atoms with van der Waals surface area (Å²) in [6.07, 6.45) is 5.29. The highest BCUT2D eigenvalue weighted by atomic mass is 35.5. The van der Waals surface area contributed by atoms with Crippen molar-refractivity contribution in [3.8, 4) is 34.1 Å². The number of rotatable bonds is 4. The zero-order valence-electron chi connectivity index (χ0n) is 13.8. The highest BCUT2D eigenvalue weighted by molar-refractivity contribution is 7.98. The van der Waals surface area contributed by atoms with Gasteiger partial charge in [0.1, 0.15) is 11.8 Å². The van der Waals surface area contributed by atoms with Crippen LogP contribution in [-0.4, -0.2) is 18.3 Å². The Balaban J connectivity index is 2.24. The molecule has 1 aromatic heterocycles. The standard InChI is InChI=1S/C20H15ClN2OS/c1-24-16-5-3-14(4-6-16)18-8-17(25-2)9-19(21)20(18)15-7-13(10-22)11-23-12-15/h3-9,11-12H,1-2H3. The molecule has 25 heavy (non-hydrogen) atoms. The maximum Gasteiger partial charge on any atom is 0.118 e. The molecule has 124 valence electrons. The second-order valence-corrected chi connectivity index (χ2v) is 6.62. The summed E-state index contributed by atoms with van der Waals surface area (Å²) in [7, 11) is 1.64. The van der Waals surface area contributed by atoms with Crippen molar-refractivity contribution < 1.29 is 4.74 Å². The van der Waals surface area contributed by atoms with Gasteiger partial charge < -0.3 is 4.74 Å². The van der Waals surface area contributed by atoms with Gasteiger partial charge in [0, 0.05) is 28.4 Å². The largest absolute Gasteiger partial charge is 0.497 e. The number of nitriles is 1. The smallest absolute Gasteiger partial charge is 0.118 e. The molecule has 0 amide bonds. The predicted octanol–water partition coefficient (Wildman–Crippen LogP) is 5.67. The van der Waals surface area contributed by atoms with Gasteiger partial charge in [-0.15, -0.1) is 11.8 Å². The van der Waals surface area contributed by atoms with Gasteiger partial charge in [-0.25, -0.2) is 0 Å². The topological polar surface area (TPSA) is 45.9 Å². The SMILES string of the molecule is COc1ccc(-c2cc(SC)cc(Cl)c2-c2cncc(C#N)c2)cc1. The molecule has 0 radical (unpaired) electrons. The zero-order chi connectivity index (χ0) is 17.8. The molecule has 0 atom stereocenters.